The molecule has 110 valence electrons. The summed E-state index contributed by atoms with van der Waals surface area (Å²) in [7, 11) is 0. The van der Waals surface area contributed by atoms with Gasteiger partial charge in [0, 0.05) is 11.3 Å². The van der Waals surface area contributed by atoms with Crippen LogP contribution in [0, 0.1) is 24.0 Å². The van der Waals surface area contributed by atoms with Crippen LogP contribution in [0.25, 0.3) is 0 Å². The number of anilines is 1. The second kappa shape index (κ2) is 5.72. The summed E-state index contributed by atoms with van der Waals surface area (Å²) in [4.78, 5) is 4.37. The molecule has 1 unspecified atom stereocenters. The number of nitrogens with one attached hydrogen (secondary N) is 1. The highest BCUT2D eigenvalue weighted by Gasteiger charge is 2.25. The molecule has 0 aromatic heterocycles. The summed E-state index contributed by atoms with van der Waals surface area (Å²) in [5.41, 5.74) is 0.694. The Morgan fingerprint density at radius 2 is 2.00 bits per heavy atom. The van der Waals surface area contributed by atoms with Crippen molar-refractivity contribution in [3.63, 3.8) is 0 Å². The zero-order valence-electron chi connectivity index (χ0n) is 12.3. The molecule has 2 rings (SSSR count). The number of aryl methyl sites for hydroxylation is 1. The number of halogens is 2. The molecule has 1 aromatic carbocycles. The third-order valence-corrected chi connectivity index (χ3v) is 4.15. The summed E-state index contributed by atoms with van der Waals surface area (Å²) < 4.78 is 27.2. The van der Waals surface area contributed by atoms with Crippen LogP contribution in [-0.2, 0) is 0 Å². The first kappa shape index (κ1) is 15.3. The maximum Gasteiger partial charge on any atom is 0.161 e. The van der Waals surface area contributed by atoms with Gasteiger partial charge in [0.2, 0.25) is 0 Å². The van der Waals surface area contributed by atoms with E-state index in [2.05, 4.69) is 31.1 Å². The van der Waals surface area contributed by atoms with Crippen molar-refractivity contribution in [1.82, 2.24) is 0 Å². The van der Waals surface area contributed by atoms with Crippen LogP contribution in [0.4, 0.5) is 14.5 Å². The molecular formula is C15H20F2N2S. The molecule has 2 nitrogen and oxygen atoms in total. The molecule has 0 saturated carbocycles. The summed E-state index contributed by atoms with van der Waals surface area (Å²) >= 11 is 1.60. The highest BCUT2D eigenvalue weighted by Crippen LogP contribution is 2.32. The van der Waals surface area contributed by atoms with Gasteiger partial charge in [-0.05, 0) is 30.4 Å². The lowest BCUT2D eigenvalue weighted by atomic mass is 9.90. The van der Waals surface area contributed by atoms with Crippen molar-refractivity contribution in [1.29, 1.82) is 0 Å². The van der Waals surface area contributed by atoms with Crippen LogP contribution in [0.15, 0.2) is 17.1 Å². The first-order valence-corrected chi connectivity index (χ1v) is 7.56. The molecule has 1 aromatic rings. The van der Waals surface area contributed by atoms with Crippen LogP contribution in [0.2, 0.25) is 0 Å². The number of rotatable bonds is 2. The molecule has 1 aliphatic rings. The van der Waals surface area contributed by atoms with Gasteiger partial charge >= 0.3 is 0 Å². The quantitative estimate of drug-likeness (QED) is 0.863. The molecule has 0 amide bonds. The molecule has 0 bridgehead atoms. The van der Waals surface area contributed by atoms with Crippen molar-refractivity contribution in [2.45, 2.75) is 39.4 Å². The van der Waals surface area contributed by atoms with Crippen molar-refractivity contribution in [3.05, 3.63) is 29.3 Å². The molecule has 1 heterocycles. The van der Waals surface area contributed by atoms with Crippen molar-refractivity contribution in [3.8, 4) is 0 Å². The fraction of sp³-hybridized carbons (Fsp3) is 0.533. The molecule has 5 heteroatoms. The number of amidine groups is 1. The van der Waals surface area contributed by atoms with Gasteiger partial charge in [0.25, 0.3) is 0 Å². The van der Waals surface area contributed by atoms with E-state index in [4.69, 9.17) is 0 Å². The highest BCUT2D eigenvalue weighted by atomic mass is 32.2. The number of hydrogen-bond acceptors (Lipinski definition) is 3. The van der Waals surface area contributed by atoms with Crippen LogP contribution >= 0.6 is 11.8 Å². The lowest BCUT2D eigenvalue weighted by molar-refractivity contribution is 0.375. The van der Waals surface area contributed by atoms with Crippen LogP contribution < -0.4 is 5.32 Å². The molecule has 0 radical (unpaired) electrons. The average Bonchev–Trinajstić information content (AvgIpc) is 2.71. The summed E-state index contributed by atoms with van der Waals surface area (Å²) in [6, 6.07) is 2.38. The van der Waals surface area contributed by atoms with Gasteiger partial charge in [-0.2, -0.15) is 0 Å². The topological polar surface area (TPSA) is 24.4 Å². The van der Waals surface area contributed by atoms with E-state index in [1.54, 1.807) is 18.7 Å². The fourth-order valence-electron chi connectivity index (χ4n) is 2.13. The van der Waals surface area contributed by atoms with Gasteiger partial charge in [-0.15, -0.1) is 0 Å². The third kappa shape index (κ3) is 3.95. The highest BCUT2D eigenvalue weighted by molar-refractivity contribution is 8.15. The van der Waals surface area contributed by atoms with E-state index in [-0.39, 0.29) is 11.1 Å². The summed E-state index contributed by atoms with van der Waals surface area (Å²) in [5, 5.41) is 3.96. The largest absolute Gasteiger partial charge is 0.332 e. The molecule has 1 atom stereocenters. The standard InChI is InChI=1S/C15H20F2N2S/c1-9-5-12(17)13(6-11(9)16)19-14-18-8-10(20-14)7-15(2,3)4/h5-6,10H,7-8H2,1-4H3,(H,18,19). The van der Waals surface area contributed by atoms with Crippen LogP contribution in [0.5, 0.6) is 0 Å². The van der Waals surface area contributed by atoms with Gasteiger partial charge in [0.15, 0.2) is 5.17 Å². The molecule has 20 heavy (non-hydrogen) atoms. The van der Waals surface area contributed by atoms with Crippen LogP contribution in [0.1, 0.15) is 32.8 Å². The third-order valence-electron chi connectivity index (χ3n) is 3.05. The second-order valence-electron chi connectivity index (χ2n) is 6.36. The predicted molar refractivity (Wildman–Crippen MR) is 82.5 cm³/mol. The van der Waals surface area contributed by atoms with Gasteiger partial charge in [0.05, 0.1) is 12.2 Å². The Kier molecular flexibility index (Phi) is 4.37. The van der Waals surface area contributed by atoms with E-state index >= 15 is 0 Å². The Labute approximate surface area is 123 Å². The van der Waals surface area contributed by atoms with Gasteiger partial charge in [-0.3, -0.25) is 4.99 Å². The Bertz CT molecular complexity index is 535. The van der Waals surface area contributed by atoms with E-state index in [0.717, 1.165) is 13.0 Å². The van der Waals surface area contributed by atoms with Crippen molar-refractivity contribution >= 4 is 22.6 Å². The van der Waals surface area contributed by atoms with E-state index in [1.807, 2.05) is 0 Å². The number of hydrogen-bond donors (Lipinski definition) is 1. The molecule has 1 aliphatic heterocycles. The minimum absolute atomic E-state index is 0.149. The maximum atomic E-state index is 13.8. The van der Waals surface area contributed by atoms with E-state index in [1.165, 1.54) is 12.1 Å². The minimum Gasteiger partial charge on any atom is -0.332 e. The minimum atomic E-state index is -0.452. The van der Waals surface area contributed by atoms with Crippen molar-refractivity contribution in [2.75, 3.05) is 11.9 Å². The molecule has 0 fully saturated rings. The summed E-state index contributed by atoms with van der Waals surface area (Å²) in [6.07, 6.45) is 1.04. The number of benzene rings is 1. The number of thioether (sulfide) groups is 1. The lowest BCUT2D eigenvalue weighted by Crippen LogP contribution is -2.16. The molecule has 1 N–H and O–H groups in total. The Morgan fingerprint density at radius 3 is 2.65 bits per heavy atom. The molecule has 0 saturated heterocycles. The predicted octanol–water partition coefficient (Wildman–Crippen LogP) is 4.59. The van der Waals surface area contributed by atoms with Gasteiger partial charge in [0.1, 0.15) is 11.6 Å². The van der Waals surface area contributed by atoms with E-state index in [0.29, 0.717) is 16.0 Å². The monoisotopic (exact) mass is 298 g/mol. The first-order valence-electron chi connectivity index (χ1n) is 6.68. The number of nitrogens with zero attached hydrogens (tertiary/aromatic N) is 1. The Morgan fingerprint density at radius 1 is 1.30 bits per heavy atom. The fourth-order valence-corrected chi connectivity index (χ4v) is 3.50. The van der Waals surface area contributed by atoms with Gasteiger partial charge in [-0.25, -0.2) is 8.78 Å². The Hall–Kier alpha value is -1.10. The van der Waals surface area contributed by atoms with Crippen LogP contribution in [0.3, 0.4) is 0 Å². The number of aliphatic imine (C=N–C) groups is 1. The Balaban J connectivity index is 2.01. The molecule has 0 spiro atoms. The average molecular weight is 298 g/mol. The SMILES string of the molecule is Cc1cc(F)c(NC2=NCC(CC(C)(C)C)S2)cc1F. The molecule has 0 aliphatic carbocycles. The van der Waals surface area contributed by atoms with Crippen molar-refractivity contribution < 1.29 is 8.78 Å². The summed E-state index contributed by atoms with van der Waals surface area (Å²) in [5.74, 6) is -0.866. The van der Waals surface area contributed by atoms with Crippen LogP contribution in [-0.4, -0.2) is 17.0 Å². The second-order valence-corrected chi connectivity index (χ2v) is 7.65. The van der Waals surface area contributed by atoms with Crippen molar-refractivity contribution in [2.24, 2.45) is 10.4 Å². The lowest BCUT2D eigenvalue weighted by Gasteiger charge is -2.21. The van der Waals surface area contributed by atoms with Gasteiger partial charge in [-0.1, -0.05) is 32.5 Å². The maximum absolute atomic E-state index is 13.8. The summed E-state index contributed by atoms with van der Waals surface area (Å²) in [6.45, 7) is 8.83. The smallest absolute Gasteiger partial charge is 0.161 e. The zero-order chi connectivity index (χ0) is 14.9. The van der Waals surface area contributed by atoms with Gasteiger partial charge < -0.3 is 5.32 Å². The normalized spacial score (nSPS) is 19.1. The first-order chi connectivity index (χ1) is 9.24. The van der Waals surface area contributed by atoms with E-state index in [9.17, 15) is 8.78 Å². The molecular weight excluding hydrogens is 278 g/mol. The van der Waals surface area contributed by atoms with E-state index < -0.39 is 11.6 Å². The zero-order valence-corrected chi connectivity index (χ0v) is 13.1.